The van der Waals surface area contributed by atoms with Crippen LogP contribution in [0.4, 0.5) is 26.3 Å². The number of hydrogen-bond donors (Lipinski definition) is 0. The number of alkyl halides is 6. The van der Waals surface area contributed by atoms with Gasteiger partial charge in [0.1, 0.15) is 17.3 Å². The normalized spacial score (nSPS) is 12.0. The maximum Gasteiger partial charge on any atom is 0.433 e. The maximum absolute atomic E-state index is 13.0. The number of rotatable bonds is 2. The first-order valence-electron chi connectivity index (χ1n) is 5.82. The lowest BCUT2D eigenvalue weighted by molar-refractivity contribution is -0.145. The largest absolute Gasteiger partial charge is 0.433 e. The molecule has 0 fully saturated rings. The molecule has 0 unspecified atom stereocenters. The molecule has 0 bridgehead atoms. The molecule has 0 radical (unpaired) electrons. The third-order valence-electron chi connectivity index (χ3n) is 2.84. The van der Waals surface area contributed by atoms with Gasteiger partial charge in [0.05, 0.1) is 11.3 Å². The van der Waals surface area contributed by atoms with E-state index in [1.54, 1.807) is 0 Å². The van der Waals surface area contributed by atoms with Crippen LogP contribution < -0.4 is 0 Å². The summed E-state index contributed by atoms with van der Waals surface area (Å²) in [6.45, 7) is 0. The van der Waals surface area contributed by atoms with Gasteiger partial charge >= 0.3 is 12.4 Å². The molecule has 4 nitrogen and oxygen atoms in total. The lowest BCUT2D eigenvalue weighted by Gasteiger charge is -2.16. The Labute approximate surface area is 124 Å². The number of hydrogen-bond acceptors (Lipinski definition) is 3. The van der Waals surface area contributed by atoms with Crippen LogP contribution in [0.3, 0.4) is 0 Å². The summed E-state index contributed by atoms with van der Waals surface area (Å²) in [4.78, 5) is 13.9. The molecule has 2 rings (SSSR count). The van der Waals surface area contributed by atoms with Crippen LogP contribution in [-0.4, -0.2) is 15.8 Å². The highest BCUT2D eigenvalue weighted by molar-refractivity contribution is 5.74. The Balaban J connectivity index is 2.90. The number of halogens is 6. The van der Waals surface area contributed by atoms with Gasteiger partial charge in [-0.3, -0.25) is 9.36 Å². The van der Waals surface area contributed by atoms with Gasteiger partial charge in [-0.1, -0.05) is 0 Å². The minimum absolute atomic E-state index is 0.219. The van der Waals surface area contributed by atoms with E-state index in [1.165, 1.54) is 12.1 Å². The highest BCUT2D eigenvalue weighted by atomic mass is 19.4. The molecule has 0 saturated heterocycles. The molecule has 0 aliphatic carbocycles. The van der Waals surface area contributed by atoms with Crippen molar-refractivity contribution in [3.8, 4) is 11.9 Å². The fourth-order valence-corrected chi connectivity index (χ4v) is 1.87. The predicted octanol–water partition coefficient (Wildman–Crippen LogP) is 3.59. The van der Waals surface area contributed by atoms with Crippen molar-refractivity contribution >= 4 is 6.29 Å². The number of aromatic nitrogens is 2. The van der Waals surface area contributed by atoms with Gasteiger partial charge in [0, 0.05) is 6.20 Å². The van der Waals surface area contributed by atoms with Gasteiger partial charge in [-0.2, -0.15) is 31.6 Å². The van der Waals surface area contributed by atoms with Gasteiger partial charge in [-0.25, -0.2) is 4.98 Å². The first-order chi connectivity index (χ1) is 10.6. The summed E-state index contributed by atoms with van der Waals surface area (Å²) in [7, 11) is 0. The highest BCUT2D eigenvalue weighted by Crippen LogP contribution is 2.38. The van der Waals surface area contributed by atoms with E-state index < -0.39 is 35.0 Å². The Morgan fingerprint density at radius 3 is 2.30 bits per heavy atom. The van der Waals surface area contributed by atoms with Crippen molar-refractivity contribution in [2.75, 3.05) is 0 Å². The Morgan fingerprint density at radius 2 is 1.83 bits per heavy atom. The Hall–Kier alpha value is -2.83. The zero-order chi connectivity index (χ0) is 17.4. The zero-order valence-corrected chi connectivity index (χ0v) is 10.9. The first-order valence-corrected chi connectivity index (χ1v) is 5.82. The third-order valence-corrected chi connectivity index (χ3v) is 2.84. The lowest BCUT2D eigenvalue weighted by atomic mass is 10.1. The summed E-state index contributed by atoms with van der Waals surface area (Å²) in [6, 6.07) is 3.35. The number of pyridine rings is 1. The second kappa shape index (κ2) is 5.42. The molecule has 0 amide bonds. The fourth-order valence-electron chi connectivity index (χ4n) is 1.87. The molecular weight excluding hydrogens is 328 g/mol. The summed E-state index contributed by atoms with van der Waals surface area (Å²) in [5.74, 6) is -0.915. The van der Waals surface area contributed by atoms with Crippen LogP contribution >= 0.6 is 0 Å². The van der Waals surface area contributed by atoms with E-state index in [0.29, 0.717) is 4.57 Å². The molecule has 120 valence electrons. The number of carbonyl (C=O) groups excluding carboxylic acids is 1. The topological polar surface area (TPSA) is 58.7 Å². The van der Waals surface area contributed by atoms with Crippen molar-refractivity contribution in [3.05, 3.63) is 46.9 Å². The van der Waals surface area contributed by atoms with Crippen LogP contribution in [0, 0.1) is 11.3 Å². The molecule has 0 spiro atoms. The second-order valence-corrected chi connectivity index (χ2v) is 4.28. The maximum atomic E-state index is 13.0. The Bertz CT molecular complexity index is 798. The molecule has 10 heteroatoms. The minimum Gasteiger partial charge on any atom is -0.297 e. The smallest absolute Gasteiger partial charge is 0.297 e. The molecule has 2 heterocycles. The summed E-state index contributed by atoms with van der Waals surface area (Å²) in [6.07, 6.45) is -9.10. The molecule has 0 aromatic carbocycles. The molecular formula is C13H5F6N3O. The Kier molecular flexibility index (Phi) is 3.90. The van der Waals surface area contributed by atoms with Crippen molar-refractivity contribution in [2.24, 2.45) is 0 Å². The average Bonchev–Trinajstić information content (AvgIpc) is 2.92. The van der Waals surface area contributed by atoms with E-state index in [4.69, 9.17) is 5.26 Å². The van der Waals surface area contributed by atoms with Crippen molar-refractivity contribution in [3.63, 3.8) is 0 Å². The molecule has 0 aliphatic heterocycles. The number of carbonyl (C=O) groups is 1. The number of aldehydes is 1. The summed E-state index contributed by atoms with van der Waals surface area (Å²) in [5.41, 5.74) is -4.95. The molecule has 2 aromatic rings. The van der Waals surface area contributed by atoms with Crippen LogP contribution in [-0.2, 0) is 12.4 Å². The van der Waals surface area contributed by atoms with E-state index in [0.717, 1.165) is 12.3 Å². The third kappa shape index (κ3) is 3.03. The predicted molar refractivity (Wildman–Crippen MR) is 63.7 cm³/mol. The van der Waals surface area contributed by atoms with Crippen LogP contribution in [0.5, 0.6) is 0 Å². The molecule has 23 heavy (non-hydrogen) atoms. The average molecular weight is 333 g/mol. The summed E-state index contributed by atoms with van der Waals surface area (Å²) >= 11 is 0. The minimum atomic E-state index is -5.20. The van der Waals surface area contributed by atoms with Crippen molar-refractivity contribution in [1.29, 1.82) is 5.26 Å². The standard InChI is InChI=1S/C13H5F6N3O/c14-12(15,16)9-4-10(13(17,18)19)21-11(8(9)5-20)22-3-1-2-7(22)6-23/h1-4,6H. The van der Waals surface area contributed by atoms with Crippen LogP contribution in [0.25, 0.3) is 5.82 Å². The van der Waals surface area contributed by atoms with Gasteiger partial charge in [0.15, 0.2) is 12.1 Å². The van der Waals surface area contributed by atoms with Gasteiger partial charge in [-0.05, 0) is 18.2 Å². The summed E-state index contributed by atoms with van der Waals surface area (Å²) < 4.78 is 78.1. The zero-order valence-electron chi connectivity index (χ0n) is 10.9. The van der Waals surface area contributed by atoms with E-state index in [-0.39, 0.29) is 18.0 Å². The fraction of sp³-hybridized carbons (Fsp3) is 0.154. The monoisotopic (exact) mass is 333 g/mol. The molecule has 2 aromatic heterocycles. The van der Waals surface area contributed by atoms with Gasteiger partial charge in [0.25, 0.3) is 0 Å². The number of nitrogens with zero attached hydrogens (tertiary/aromatic N) is 3. The molecule has 0 saturated carbocycles. The van der Waals surface area contributed by atoms with Gasteiger partial charge in [-0.15, -0.1) is 0 Å². The highest BCUT2D eigenvalue weighted by Gasteiger charge is 2.41. The van der Waals surface area contributed by atoms with E-state index >= 15 is 0 Å². The van der Waals surface area contributed by atoms with Crippen molar-refractivity contribution in [2.45, 2.75) is 12.4 Å². The van der Waals surface area contributed by atoms with Gasteiger partial charge < -0.3 is 0 Å². The van der Waals surface area contributed by atoms with Crippen molar-refractivity contribution in [1.82, 2.24) is 9.55 Å². The molecule has 0 aliphatic rings. The van der Waals surface area contributed by atoms with Gasteiger partial charge in [0.2, 0.25) is 0 Å². The van der Waals surface area contributed by atoms with Crippen LogP contribution in [0.1, 0.15) is 27.3 Å². The van der Waals surface area contributed by atoms with Crippen LogP contribution in [0.15, 0.2) is 24.4 Å². The molecule has 0 atom stereocenters. The Morgan fingerprint density at radius 1 is 1.17 bits per heavy atom. The van der Waals surface area contributed by atoms with Crippen molar-refractivity contribution < 1.29 is 31.1 Å². The quantitative estimate of drug-likeness (QED) is 0.623. The first kappa shape index (κ1) is 16.5. The lowest BCUT2D eigenvalue weighted by Crippen LogP contribution is -2.18. The van der Waals surface area contributed by atoms with Crippen LogP contribution in [0.2, 0.25) is 0 Å². The number of nitriles is 1. The SMILES string of the molecule is N#Cc1c(C(F)(F)F)cc(C(F)(F)F)nc1-n1cccc1C=O. The summed E-state index contributed by atoms with van der Waals surface area (Å²) in [5, 5.41) is 8.95. The molecule has 0 N–H and O–H groups in total. The van der Waals surface area contributed by atoms with E-state index in [9.17, 15) is 31.1 Å². The van der Waals surface area contributed by atoms with E-state index in [2.05, 4.69) is 4.98 Å². The second-order valence-electron chi connectivity index (χ2n) is 4.28. The van der Waals surface area contributed by atoms with E-state index in [1.807, 2.05) is 0 Å².